The van der Waals surface area contributed by atoms with Crippen LogP contribution in [0.4, 0.5) is 0 Å². The molecule has 2 aliphatic rings. The molecule has 3 atom stereocenters. The average Bonchev–Trinajstić information content (AvgIpc) is 2.71. The zero-order valence-corrected chi connectivity index (χ0v) is 11.3. The molecule has 1 saturated carbocycles. The van der Waals surface area contributed by atoms with Crippen molar-refractivity contribution < 1.29 is 9.63 Å². The first-order valence-corrected chi connectivity index (χ1v) is 6.65. The Morgan fingerprint density at radius 2 is 2.00 bits per heavy atom. The molecule has 1 unspecified atom stereocenters. The Morgan fingerprint density at radius 1 is 1.33 bits per heavy atom. The summed E-state index contributed by atoms with van der Waals surface area (Å²) in [6.07, 6.45) is 0. The molecule has 0 spiro atoms. The summed E-state index contributed by atoms with van der Waals surface area (Å²) in [5.74, 6) is 3.42. The molecule has 0 radical (unpaired) electrons. The molecule has 2 heterocycles. The maximum Gasteiger partial charge on any atom is 0.240 e. The minimum absolute atomic E-state index is 0.0586. The van der Waals surface area contributed by atoms with Gasteiger partial charge in [-0.25, -0.2) is 0 Å². The Hall–Kier alpha value is -0.940. The number of aliphatic hydroxyl groups excluding tert-OH is 1. The van der Waals surface area contributed by atoms with Crippen molar-refractivity contribution in [3.8, 4) is 0 Å². The molecular weight excluding hydrogens is 230 g/mol. The second-order valence-electron chi connectivity index (χ2n) is 6.63. The summed E-state index contributed by atoms with van der Waals surface area (Å²) in [5.41, 5.74) is -0.0586. The highest BCUT2D eigenvalue weighted by molar-refractivity contribution is 5.06. The Labute approximate surface area is 107 Å². The number of piperidine rings is 1. The summed E-state index contributed by atoms with van der Waals surface area (Å²) < 4.78 is 5.30. The van der Waals surface area contributed by atoms with Gasteiger partial charge in [0.05, 0.1) is 6.54 Å². The second kappa shape index (κ2) is 4.03. The highest BCUT2D eigenvalue weighted by atomic mass is 16.5. The van der Waals surface area contributed by atoms with Gasteiger partial charge in [0.1, 0.15) is 0 Å². The van der Waals surface area contributed by atoms with Crippen molar-refractivity contribution in [1.29, 1.82) is 0 Å². The van der Waals surface area contributed by atoms with Crippen LogP contribution in [0.1, 0.15) is 32.5 Å². The molecule has 2 fully saturated rings. The third-order valence-electron chi connectivity index (χ3n) is 4.16. The molecule has 18 heavy (non-hydrogen) atoms. The highest BCUT2D eigenvalue weighted by Crippen LogP contribution is 2.51. The molecule has 1 aliphatic heterocycles. The molecule has 0 bridgehead atoms. The Balaban J connectivity index is 1.57. The van der Waals surface area contributed by atoms with Crippen molar-refractivity contribution in [3.63, 3.8) is 0 Å². The zero-order chi connectivity index (χ0) is 12.9. The van der Waals surface area contributed by atoms with E-state index in [-0.39, 0.29) is 5.41 Å². The van der Waals surface area contributed by atoms with Gasteiger partial charge in [-0.05, 0) is 17.8 Å². The Morgan fingerprint density at radius 3 is 2.50 bits per heavy atom. The first kappa shape index (κ1) is 12.1. The van der Waals surface area contributed by atoms with Crippen LogP contribution < -0.4 is 0 Å². The number of hydrogen-bond acceptors (Lipinski definition) is 5. The quantitative estimate of drug-likeness (QED) is 0.869. The largest absolute Gasteiger partial charge is 0.396 e. The predicted molar refractivity (Wildman–Crippen MR) is 65.8 cm³/mol. The van der Waals surface area contributed by atoms with Crippen LogP contribution in [0.5, 0.6) is 0 Å². The number of fused-ring (bicyclic) bond motifs is 1. The third kappa shape index (κ3) is 2.06. The normalized spacial score (nSPS) is 31.7. The van der Waals surface area contributed by atoms with Crippen LogP contribution in [-0.4, -0.2) is 39.8 Å². The molecule has 1 saturated heterocycles. The third-order valence-corrected chi connectivity index (χ3v) is 4.16. The summed E-state index contributed by atoms with van der Waals surface area (Å²) >= 11 is 0. The van der Waals surface area contributed by atoms with Gasteiger partial charge in [0.2, 0.25) is 5.89 Å². The summed E-state index contributed by atoms with van der Waals surface area (Å²) in [6.45, 7) is 9.45. The van der Waals surface area contributed by atoms with E-state index in [4.69, 9.17) is 9.63 Å². The lowest BCUT2D eigenvalue weighted by molar-refractivity contribution is 0.202. The van der Waals surface area contributed by atoms with E-state index < -0.39 is 0 Å². The number of likely N-dealkylation sites (tertiary alicyclic amines) is 1. The molecule has 3 rings (SSSR count). The number of aromatic nitrogens is 2. The standard InChI is InChI=1S/C13H21N3O2/c1-13(2,3)12-14-11(18-15-12)6-16-4-8-9(5-16)10(8)7-17/h8-10,17H,4-7H2,1-3H3/t8-,9+,10?. The molecule has 1 aromatic rings. The van der Waals surface area contributed by atoms with Crippen LogP contribution in [0.3, 0.4) is 0 Å². The minimum Gasteiger partial charge on any atom is -0.396 e. The highest BCUT2D eigenvalue weighted by Gasteiger charge is 2.54. The van der Waals surface area contributed by atoms with Crippen LogP contribution in [-0.2, 0) is 12.0 Å². The van der Waals surface area contributed by atoms with E-state index in [0.717, 1.165) is 25.5 Å². The van der Waals surface area contributed by atoms with E-state index in [2.05, 4.69) is 35.8 Å². The van der Waals surface area contributed by atoms with Gasteiger partial charge < -0.3 is 9.63 Å². The topological polar surface area (TPSA) is 62.4 Å². The zero-order valence-electron chi connectivity index (χ0n) is 11.3. The summed E-state index contributed by atoms with van der Waals surface area (Å²) in [6, 6.07) is 0. The van der Waals surface area contributed by atoms with E-state index in [1.54, 1.807) is 0 Å². The van der Waals surface area contributed by atoms with Gasteiger partial charge in [-0.15, -0.1) is 0 Å². The maximum absolute atomic E-state index is 9.12. The van der Waals surface area contributed by atoms with E-state index in [0.29, 0.717) is 30.3 Å². The summed E-state index contributed by atoms with van der Waals surface area (Å²) in [7, 11) is 0. The molecule has 1 N–H and O–H groups in total. The SMILES string of the molecule is CC(C)(C)c1noc(CN2C[C@@H]3C(CO)[C@@H]3C2)n1. The Bertz CT molecular complexity index is 426. The van der Waals surface area contributed by atoms with Crippen LogP contribution >= 0.6 is 0 Å². The van der Waals surface area contributed by atoms with Gasteiger partial charge in [-0.3, -0.25) is 4.90 Å². The van der Waals surface area contributed by atoms with Gasteiger partial charge in [0.25, 0.3) is 0 Å². The molecule has 1 aromatic heterocycles. The van der Waals surface area contributed by atoms with Crippen molar-refractivity contribution in [1.82, 2.24) is 15.0 Å². The first-order chi connectivity index (χ1) is 8.49. The lowest BCUT2D eigenvalue weighted by atomic mass is 9.96. The molecule has 0 amide bonds. The fourth-order valence-corrected chi connectivity index (χ4v) is 2.95. The minimum atomic E-state index is -0.0586. The van der Waals surface area contributed by atoms with Crippen LogP contribution in [0, 0.1) is 17.8 Å². The van der Waals surface area contributed by atoms with Crippen molar-refractivity contribution >= 4 is 0 Å². The van der Waals surface area contributed by atoms with Crippen LogP contribution in [0.2, 0.25) is 0 Å². The molecule has 0 aromatic carbocycles. The number of nitrogens with zero attached hydrogens (tertiary/aromatic N) is 3. The van der Waals surface area contributed by atoms with Crippen molar-refractivity contribution in [2.24, 2.45) is 17.8 Å². The van der Waals surface area contributed by atoms with E-state index >= 15 is 0 Å². The smallest absolute Gasteiger partial charge is 0.240 e. The lowest BCUT2D eigenvalue weighted by Crippen LogP contribution is -2.25. The molecule has 1 aliphatic carbocycles. The fraction of sp³-hybridized carbons (Fsp3) is 0.846. The van der Waals surface area contributed by atoms with Gasteiger partial charge in [-0.1, -0.05) is 25.9 Å². The number of hydrogen-bond donors (Lipinski definition) is 1. The molecular formula is C13H21N3O2. The van der Waals surface area contributed by atoms with E-state index in [1.807, 2.05) is 0 Å². The van der Waals surface area contributed by atoms with Gasteiger partial charge in [-0.2, -0.15) is 4.98 Å². The maximum atomic E-state index is 9.12. The fourth-order valence-electron chi connectivity index (χ4n) is 2.95. The second-order valence-corrected chi connectivity index (χ2v) is 6.63. The average molecular weight is 251 g/mol. The van der Waals surface area contributed by atoms with Gasteiger partial charge in [0, 0.05) is 25.1 Å². The number of aliphatic hydroxyl groups is 1. The lowest BCUT2D eigenvalue weighted by Gasteiger charge is -2.16. The molecule has 100 valence electrons. The van der Waals surface area contributed by atoms with Crippen molar-refractivity contribution in [2.45, 2.75) is 32.7 Å². The van der Waals surface area contributed by atoms with Crippen LogP contribution in [0.15, 0.2) is 4.52 Å². The van der Waals surface area contributed by atoms with Crippen LogP contribution in [0.25, 0.3) is 0 Å². The van der Waals surface area contributed by atoms with Gasteiger partial charge >= 0.3 is 0 Å². The first-order valence-electron chi connectivity index (χ1n) is 6.65. The molecule has 5 heteroatoms. The summed E-state index contributed by atoms with van der Waals surface area (Å²) in [4.78, 5) is 6.80. The number of rotatable bonds is 3. The van der Waals surface area contributed by atoms with E-state index in [1.165, 1.54) is 0 Å². The monoisotopic (exact) mass is 251 g/mol. The van der Waals surface area contributed by atoms with Gasteiger partial charge in [0.15, 0.2) is 5.82 Å². The van der Waals surface area contributed by atoms with Crippen molar-refractivity contribution in [3.05, 3.63) is 11.7 Å². The van der Waals surface area contributed by atoms with E-state index in [9.17, 15) is 0 Å². The summed E-state index contributed by atoms with van der Waals surface area (Å²) in [5, 5.41) is 13.2. The van der Waals surface area contributed by atoms with Crippen molar-refractivity contribution in [2.75, 3.05) is 19.7 Å². The Kier molecular flexibility index (Phi) is 2.71. The molecule has 5 nitrogen and oxygen atoms in total. The predicted octanol–water partition coefficient (Wildman–Crippen LogP) is 1.04.